The van der Waals surface area contributed by atoms with Crippen LogP contribution in [-0.2, 0) is 24.6 Å². The quantitative estimate of drug-likeness (QED) is 0.112. The first kappa shape index (κ1) is 31.3. The summed E-state index contributed by atoms with van der Waals surface area (Å²) in [5, 5.41) is 22.6. The van der Waals surface area contributed by atoms with Crippen molar-refractivity contribution in [1.82, 2.24) is 0 Å². The van der Waals surface area contributed by atoms with Crippen LogP contribution in [0.5, 0.6) is 5.75 Å². The van der Waals surface area contributed by atoms with E-state index < -0.39 is 63.3 Å². The number of para-hydroxylation sites is 1. The number of hydrogen-bond donors (Lipinski definition) is 1. The highest BCUT2D eigenvalue weighted by Crippen LogP contribution is 2.64. The van der Waals surface area contributed by atoms with Crippen molar-refractivity contribution in [3.63, 3.8) is 0 Å². The van der Waals surface area contributed by atoms with Gasteiger partial charge in [-0.1, -0.05) is 84.4 Å². The van der Waals surface area contributed by atoms with Crippen LogP contribution in [0.1, 0.15) is 35.4 Å². The number of Topliss-reactive ketones (excluding diaryl/α,β-unsaturated/α-hetero) is 1. The lowest BCUT2D eigenvalue weighted by Gasteiger charge is -2.55. The normalized spacial score (nSPS) is 27.2. The van der Waals surface area contributed by atoms with Crippen molar-refractivity contribution in [3.8, 4) is 5.75 Å². The fourth-order valence-corrected chi connectivity index (χ4v) is 8.96. The Morgan fingerprint density at radius 3 is 2.18 bits per heavy atom. The number of amides is 2. The van der Waals surface area contributed by atoms with Crippen LogP contribution in [0.15, 0.2) is 121 Å². The number of non-ortho nitro benzene ring substituents is 1. The Morgan fingerprint density at radius 2 is 1.50 bits per heavy atom. The van der Waals surface area contributed by atoms with E-state index in [-0.39, 0.29) is 46.9 Å². The van der Waals surface area contributed by atoms with Gasteiger partial charge in [-0.15, -0.1) is 0 Å². The van der Waals surface area contributed by atoms with Gasteiger partial charge < -0.3 is 5.11 Å². The molecule has 4 aromatic carbocycles. The van der Waals surface area contributed by atoms with Crippen molar-refractivity contribution < 1.29 is 33.6 Å². The number of phenols is 1. The van der Waals surface area contributed by atoms with E-state index in [1.54, 1.807) is 66.7 Å². The molecule has 248 valence electrons. The van der Waals surface area contributed by atoms with E-state index in [4.69, 9.17) is 0 Å². The van der Waals surface area contributed by atoms with Crippen molar-refractivity contribution in [1.29, 1.82) is 0 Å². The number of imide groups is 1. The molecule has 9 nitrogen and oxygen atoms in total. The van der Waals surface area contributed by atoms with Gasteiger partial charge in [0, 0.05) is 35.1 Å². The summed E-state index contributed by atoms with van der Waals surface area (Å²) in [7, 11) is 0. The maximum absolute atomic E-state index is 15.2. The number of aromatic hydroxyl groups is 1. The first-order valence-corrected chi connectivity index (χ1v) is 16.4. The molecule has 4 aliphatic rings. The topological polar surface area (TPSA) is 135 Å². The number of ketones is 2. The Morgan fingerprint density at radius 1 is 0.820 bits per heavy atom. The van der Waals surface area contributed by atoms with E-state index in [0.29, 0.717) is 16.7 Å². The molecule has 50 heavy (non-hydrogen) atoms. The number of halogens is 1. The predicted molar refractivity (Wildman–Crippen MR) is 180 cm³/mol. The first-order valence-electron chi connectivity index (χ1n) is 16.4. The van der Waals surface area contributed by atoms with Crippen LogP contribution < -0.4 is 4.90 Å². The Balaban J connectivity index is 1.34. The van der Waals surface area contributed by atoms with Crippen LogP contribution in [0.2, 0.25) is 0 Å². The molecule has 2 amide bonds. The fraction of sp³-hybridized carbons (Fsp3) is 0.200. The fourth-order valence-electron chi connectivity index (χ4n) is 8.96. The number of benzene rings is 4. The van der Waals surface area contributed by atoms with Gasteiger partial charge in [-0.2, -0.15) is 0 Å². The van der Waals surface area contributed by atoms with Crippen LogP contribution >= 0.6 is 0 Å². The Bertz CT molecular complexity index is 2180. The lowest BCUT2D eigenvalue weighted by Crippen LogP contribution is -2.58. The van der Waals surface area contributed by atoms with Crippen LogP contribution in [0, 0.1) is 39.6 Å². The molecule has 0 spiro atoms. The number of nitrogens with zero attached hydrogens (tertiary/aromatic N) is 2. The van der Waals surface area contributed by atoms with Gasteiger partial charge in [0.1, 0.15) is 0 Å². The van der Waals surface area contributed by atoms with Crippen LogP contribution in [0.25, 0.3) is 5.57 Å². The minimum atomic E-state index is -1.61. The van der Waals surface area contributed by atoms with Crippen LogP contribution in [0.4, 0.5) is 15.8 Å². The van der Waals surface area contributed by atoms with Crippen molar-refractivity contribution in [2.45, 2.75) is 24.2 Å². The molecule has 0 radical (unpaired) electrons. The van der Waals surface area contributed by atoms with Crippen molar-refractivity contribution in [2.75, 3.05) is 4.90 Å². The number of phenolic OH excluding ortho intramolecular Hbond substituents is 1. The summed E-state index contributed by atoms with van der Waals surface area (Å²) in [6.07, 6.45) is 3.34. The maximum Gasteiger partial charge on any atom is 0.269 e. The predicted octanol–water partition coefficient (Wildman–Crippen LogP) is 6.47. The third-order valence-corrected chi connectivity index (χ3v) is 11.0. The van der Waals surface area contributed by atoms with Gasteiger partial charge in [-0.05, 0) is 54.2 Å². The highest BCUT2D eigenvalue weighted by molar-refractivity contribution is 6.32. The van der Waals surface area contributed by atoms with Gasteiger partial charge in [-0.25, -0.2) is 4.39 Å². The average Bonchev–Trinajstić information content (AvgIpc) is 3.39. The van der Waals surface area contributed by atoms with Gasteiger partial charge in [0.15, 0.2) is 23.1 Å². The minimum Gasteiger partial charge on any atom is -0.505 e. The van der Waals surface area contributed by atoms with Gasteiger partial charge in [0.25, 0.3) is 5.69 Å². The number of carbonyl (C=O) groups excluding carboxylic acids is 4. The van der Waals surface area contributed by atoms with E-state index in [9.17, 15) is 34.4 Å². The largest absolute Gasteiger partial charge is 0.505 e. The Labute approximate surface area is 285 Å². The molecule has 1 heterocycles. The number of anilines is 1. The molecule has 0 bridgehead atoms. The SMILES string of the molecule is O=C1C(c2ccccc2)=CC(=O)C2(c3ccccc3)C1CC1C(=CCC3C(=O)N(c4ccc([N+](=O)[O-])cc4)C(=O)C31)C2c1cccc(F)c1O. The van der Waals surface area contributed by atoms with E-state index in [1.807, 2.05) is 6.08 Å². The second-order valence-corrected chi connectivity index (χ2v) is 13.3. The molecular formula is C40H29FN2O7. The molecule has 4 aromatic rings. The lowest BCUT2D eigenvalue weighted by molar-refractivity contribution is -0.384. The average molecular weight is 669 g/mol. The van der Waals surface area contributed by atoms with Crippen molar-refractivity contribution >= 4 is 40.3 Å². The molecule has 1 saturated heterocycles. The zero-order chi connectivity index (χ0) is 34.9. The number of nitro groups is 1. The molecule has 10 heteroatoms. The molecule has 1 N–H and O–H groups in total. The smallest absolute Gasteiger partial charge is 0.269 e. The van der Waals surface area contributed by atoms with Crippen molar-refractivity contribution in [2.24, 2.45) is 23.7 Å². The summed E-state index contributed by atoms with van der Waals surface area (Å²) in [5.74, 6) is -7.83. The van der Waals surface area contributed by atoms with E-state index in [0.717, 1.165) is 11.0 Å². The summed E-state index contributed by atoms with van der Waals surface area (Å²) in [5.41, 5.74) is 0.357. The van der Waals surface area contributed by atoms with Gasteiger partial charge >= 0.3 is 0 Å². The standard InChI is InChI=1S/C40H29FN2O7/c41-32-13-7-12-28(37(32)46)35-26-18-19-27-34(39(48)42(38(27)47)24-14-16-25(17-15-24)43(49)50)30(26)20-31-36(45)29(22-8-3-1-4-9-22)21-33(44)40(31,35)23-10-5-2-6-11-23/h1-18,21,27,30-31,34-35,46H,19-20H2. The highest BCUT2D eigenvalue weighted by atomic mass is 19.1. The van der Waals surface area contributed by atoms with Crippen molar-refractivity contribution in [3.05, 3.63) is 153 Å². The lowest BCUT2D eigenvalue weighted by atomic mass is 9.44. The minimum absolute atomic E-state index is 0.0380. The number of allylic oxidation sites excluding steroid dienone is 4. The number of carbonyl (C=O) groups is 4. The zero-order valence-corrected chi connectivity index (χ0v) is 26.4. The second kappa shape index (κ2) is 11.5. The van der Waals surface area contributed by atoms with Crippen LogP contribution in [-0.4, -0.2) is 33.4 Å². The summed E-state index contributed by atoms with van der Waals surface area (Å²) < 4.78 is 15.2. The molecule has 3 aliphatic carbocycles. The van der Waals surface area contributed by atoms with Crippen LogP contribution in [0.3, 0.4) is 0 Å². The molecule has 6 atom stereocenters. The number of hydrogen-bond acceptors (Lipinski definition) is 7. The van der Waals surface area contributed by atoms with Gasteiger partial charge in [0.2, 0.25) is 11.8 Å². The molecule has 1 saturated carbocycles. The van der Waals surface area contributed by atoms with E-state index in [2.05, 4.69) is 0 Å². The molecular weight excluding hydrogens is 639 g/mol. The third-order valence-electron chi connectivity index (χ3n) is 11.0. The summed E-state index contributed by atoms with van der Waals surface area (Å²) in [6.45, 7) is 0. The second-order valence-electron chi connectivity index (χ2n) is 13.3. The highest BCUT2D eigenvalue weighted by Gasteiger charge is 2.66. The zero-order valence-electron chi connectivity index (χ0n) is 26.4. The summed E-state index contributed by atoms with van der Waals surface area (Å²) in [6, 6.07) is 26.9. The summed E-state index contributed by atoms with van der Waals surface area (Å²) >= 11 is 0. The van der Waals surface area contributed by atoms with E-state index >= 15 is 4.39 Å². The Kier molecular flexibility index (Phi) is 7.22. The van der Waals surface area contributed by atoms with Gasteiger partial charge in [-0.3, -0.25) is 34.2 Å². The first-order chi connectivity index (χ1) is 24.1. The molecule has 6 unspecified atom stereocenters. The summed E-state index contributed by atoms with van der Waals surface area (Å²) in [4.78, 5) is 70.0. The number of nitro benzene ring substituents is 1. The van der Waals surface area contributed by atoms with Gasteiger partial charge in [0.05, 0.1) is 27.9 Å². The molecule has 0 aromatic heterocycles. The third kappa shape index (κ3) is 4.37. The maximum atomic E-state index is 15.2. The molecule has 1 aliphatic heterocycles. The molecule has 2 fully saturated rings. The Hall–Kier alpha value is -6.03. The molecule has 8 rings (SSSR count). The number of fused-ring (bicyclic) bond motifs is 4. The number of rotatable bonds is 5. The van der Waals surface area contributed by atoms with E-state index in [1.165, 1.54) is 36.4 Å². The monoisotopic (exact) mass is 668 g/mol.